The first kappa shape index (κ1) is 13.6. The first-order valence-electron chi connectivity index (χ1n) is 5.95. The van der Waals surface area contributed by atoms with Gasteiger partial charge in [-0.2, -0.15) is 10.2 Å². The predicted molar refractivity (Wildman–Crippen MR) is 68.4 cm³/mol. The van der Waals surface area contributed by atoms with Crippen molar-refractivity contribution in [2.24, 2.45) is 0 Å². The Bertz CT molecular complexity index is 670. The van der Waals surface area contributed by atoms with Gasteiger partial charge >= 0.3 is 12.0 Å². The summed E-state index contributed by atoms with van der Waals surface area (Å²) in [6.07, 6.45) is 1.09. The summed E-state index contributed by atoms with van der Waals surface area (Å²) in [7, 11) is 0. The van der Waals surface area contributed by atoms with Crippen LogP contribution in [0.3, 0.4) is 0 Å². The van der Waals surface area contributed by atoms with E-state index in [1.165, 1.54) is 0 Å². The van der Waals surface area contributed by atoms with Gasteiger partial charge in [-0.3, -0.25) is 0 Å². The zero-order valence-corrected chi connectivity index (χ0v) is 11.0. The summed E-state index contributed by atoms with van der Waals surface area (Å²) in [5, 5.41) is 8.85. The monoisotopic (exact) mass is 272 g/mol. The van der Waals surface area contributed by atoms with Crippen molar-refractivity contribution in [2.45, 2.75) is 13.8 Å². The summed E-state index contributed by atoms with van der Waals surface area (Å²) in [5.74, 6) is -0.130. The summed E-state index contributed by atoms with van der Waals surface area (Å²) < 4.78 is 15.3. The maximum atomic E-state index is 11.4. The van der Waals surface area contributed by atoms with Crippen molar-refractivity contribution in [3.63, 3.8) is 0 Å². The van der Waals surface area contributed by atoms with Crippen molar-refractivity contribution >= 4 is 5.97 Å². The molecule has 0 aliphatic heterocycles. The minimum absolute atomic E-state index is 0.0379. The molecule has 0 amide bonds. The smallest absolute Gasteiger partial charge is 0.399 e. The van der Waals surface area contributed by atoms with Gasteiger partial charge in [-0.25, -0.2) is 4.79 Å². The number of carbonyl (C=O) groups is 1. The number of aryl methyl sites for hydroxylation is 1. The Morgan fingerprint density at radius 1 is 1.50 bits per heavy atom. The van der Waals surface area contributed by atoms with Crippen LogP contribution in [0.4, 0.5) is 0 Å². The number of esters is 1. The molecule has 0 spiro atoms. The minimum atomic E-state index is -0.575. The lowest BCUT2D eigenvalue weighted by Crippen LogP contribution is -2.04. The van der Waals surface area contributed by atoms with Gasteiger partial charge in [0.2, 0.25) is 0 Å². The summed E-state index contributed by atoms with van der Waals surface area (Å²) >= 11 is 0. The lowest BCUT2D eigenvalue weighted by molar-refractivity contribution is 0.0519. The molecule has 0 atom stereocenters. The molecule has 1 aromatic heterocycles. The quantitative estimate of drug-likeness (QED) is 0.795. The number of ether oxygens (including phenoxy) is 2. The van der Waals surface area contributed by atoms with Crippen molar-refractivity contribution in [3.8, 4) is 17.9 Å². The standard InChI is InChI=1S/C14H12N2O4/c1-3-18-13(17)11-8-19-14(16-11)20-12-6-10(7-15)5-4-9(12)2/h4-6,8H,3H2,1-2H3. The Kier molecular flexibility index (Phi) is 4.01. The summed E-state index contributed by atoms with van der Waals surface area (Å²) in [6, 6.07) is 7.02. The van der Waals surface area contributed by atoms with Crippen molar-refractivity contribution in [1.29, 1.82) is 5.26 Å². The zero-order chi connectivity index (χ0) is 14.5. The van der Waals surface area contributed by atoms with Gasteiger partial charge in [0.1, 0.15) is 12.0 Å². The SMILES string of the molecule is CCOC(=O)c1coc(Oc2cc(C#N)ccc2C)n1. The van der Waals surface area contributed by atoms with E-state index in [1.807, 2.05) is 13.0 Å². The van der Waals surface area contributed by atoms with E-state index in [9.17, 15) is 4.79 Å². The second kappa shape index (κ2) is 5.89. The number of aromatic nitrogens is 1. The van der Waals surface area contributed by atoms with Gasteiger partial charge in [-0.05, 0) is 31.5 Å². The van der Waals surface area contributed by atoms with E-state index < -0.39 is 5.97 Å². The topological polar surface area (TPSA) is 85.4 Å². The number of nitriles is 1. The number of hydrogen-bond acceptors (Lipinski definition) is 6. The van der Waals surface area contributed by atoms with Gasteiger partial charge in [0.25, 0.3) is 0 Å². The van der Waals surface area contributed by atoms with E-state index in [4.69, 9.17) is 19.2 Å². The first-order chi connectivity index (χ1) is 9.63. The van der Waals surface area contributed by atoms with Crippen LogP contribution in [0.1, 0.15) is 28.5 Å². The third kappa shape index (κ3) is 2.95. The second-order valence-corrected chi connectivity index (χ2v) is 3.91. The van der Waals surface area contributed by atoms with Crippen LogP contribution in [0.2, 0.25) is 0 Å². The molecule has 2 rings (SSSR count). The zero-order valence-electron chi connectivity index (χ0n) is 11.0. The van der Waals surface area contributed by atoms with Gasteiger partial charge in [0.15, 0.2) is 5.69 Å². The molecule has 6 heteroatoms. The highest BCUT2D eigenvalue weighted by Gasteiger charge is 2.15. The van der Waals surface area contributed by atoms with Crippen molar-refractivity contribution < 1.29 is 18.7 Å². The van der Waals surface area contributed by atoms with Gasteiger partial charge in [0.05, 0.1) is 18.2 Å². The molecule has 6 nitrogen and oxygen atoms in total. The summed E-state index contributed by atoms with van der Waals surface area (Å²) in [4.78, 5) is 15.3. The Morgan fingerprint density at radius 2 is 2.30 bits per heavy atom. The third-order valence-corrected chi connectivity index (χ3v) is 2.48. The molecule has 1 aromatic carbocycles. The van der Waals surface area contributed by atoms with E-state index in [-0.39, 0.29) is 18.4 Å². The maximum absolute atomic E-state index is 11.4. The number of oxazole rings is 1. The lowest BCUT2D eigenvalue weighted by Gasteiger charge is -2.04. The lowest BCUT2D eigenvalue weighted by atomic mass is 10.1. The van der Waals surface area contributed by atoms with Crippen LogP contribution in [0.25, 0.3) is 0 Å². The van der Waals surface area contributed by atoms with Crippen LogP contribution < -0.4 is 4.74 Å². The van der Waals surface area contributed by atoms with Crippen LogP contribution in [0.5, 0.6) is 11.8 Å². The van der Waals surface area contributed by atoms with Crippen LogP contribution in [0, 0.1) is 18.3 Å². The Balaban J connectivity index is 2.19. The molecule has 102 valence electrons. The Morgan fingerprint density at radius 3 is 3.00 bits per heavy atom. The fourth-order valence-corrected chi connectivity index (χ4v) is 1.48. The summed E-state index contributed by atoms with van der Waals surface area (Å²) in [5.41, 5.74) is 1.32. The molecule has 2 aromatic rings. The average Bonchev–Trinajstić information content (AvgIpc) is 2.90. The maximum Gasteiger partial charge on any atom is 0.399 e. The normalized spacial score (nSPS) is 9.85. The van der Waals surface area contributed by atoms with Gasteiger partial charge in [0, 0.05) is 0 Å². The van der Waals surface area contributed by atoms with E-state index in [0.29, 0.717) is 11.3 Å². The highest BCUT2D eigenvalue weighted by molar-refractivity contribution is 5.86. The molecule has 0 aliphatic carbocycles. The van der Waals surface area contributed by atoms with E-state index in [1.54, 1.807) is 25.1 Å². The molecule has 20 heavy (non-hydrogen) atoms. The van der Waals surface area contributed by atoms with Crippen LogP contribution >= 0.6 is 0 Å². The second-order valence-electron chi connectivity index (χ2n) is 3.91. The number of nitrogens with zero attached hydrogens (tertiary/aromatic N) is 2. The molecule has 0 N–H and O–H groups in total. The molecule has 0 bridgehead atoms. The van der Waals surface area contributed by atoms with E-state index >= 15 is 0 Å². The summed E-state index contributed by atoms with van der Waals surface area (Å²) in [6.45, 7) is 3.78. The van der Waals surface area contributed by atoms with Crippen LogP contribution in [0.15, 0.2) is 28.9 Å². The highest BCUT2D eigenvalue weighted by Crippen LogP contribution is 2.25. The van der Waals surface area contributed by atoms with E-state index in [2.05, 4.69) is 4.98 Å². The molecule has 0 radical (unpaired) electrons. The van der Waals surface area contributed by atoms with Gasteiger partial charge in [-0.15, -0.1) is 0 Å². The van der Waals surface area contributed by atoms with Crippen LogP contribution in [-0.4, -0.2) is 17.6 Å². The Hall–Kier alpha value is -2.81. The number of rotatable bonds is 4. The van der Waals surface area contributed by atoms with E-state index in [0.717, 1.165) is 11.8 Å². The molecule has 0 unspecified atom stereocenters. The minimum Gasteiger partial charge on any atom is -0.461 e. The highest BCUT2D eigenvalue weighted by atomic mass is 16.6. The molecular formula is C14H12N2O4. The number of hydrogen-bond donors (Lipinski definition) is 0. The molecule has 0 aliphatic rings. The molecule has 0 saturated heterocycles. The van der Waals surface area contributed by atoms with Gasteiger partial charge in [-0.1, -0.05) is 6.07 Å². The fourth-order valence-electron chi connectivity index (χ4n) is 1.48. The van der Waals surface area contributed by atoms with Gasteiger partial charge < -0.3 is 13.9 Å². The number of carbonyl (C=O) groups excluding carboxylic acids is 1. The molecule has 1 heterocycles. The number of benzene rings is 1. The Labute approximate surface area is 115 Å². The first-order valence-corrected chi connectivity index (χ1v) is 5.95. The molecule has 0 fully saturated rings. The molecular weight excluding hydrogens is 260 g/mol. The fraction of sp³-hybridized carbons (Fsp3) is 0.214. The van der Waals surface area contributed by atoms with Crippen LogP contribution in [-0.2, 0) is 4.74 Å². The largest absolute Gasteiger partial charge is 0.461 e. The predicted octanol–water partition coefficient (Wildman–Crippen LogP) is 2.82. The molecule has 0 saturated carbocycles. The average molecular weight is 272 g/mol. The third-order valence-electron chi connectivity index (χ3n) is 2.48. The van der Waals surface area contributed by atoms with Crippen molar-refractivity contribution in [3.05, 3.63) is 41.3 Å². The van der Waals surface area contributed by atoms with Crippen molar-refractivity contribution in [1.82, 2.24) is 4.98 Å². The van der Waals surface area contributed by atoms with Crippen molar-refractivity contribution in [2.75, 3.05) is 6.61 Å².